The lowest BCUT2D eigenvalue weighted by Crippen LogP contribution is -2.49. The van der Waals surface area contributed by atoms with Gasteiger partial charge in [-0.3, -0.25) is 4.79 Å². The summed E-state index contributed by atoms with van der Waals surface area (Å²) in [6.45, 7) is 2.17. The molecule has 0 atom stereocenters. The van der Waals surface area contributed by atoms with Crippen molar-refractivity contribution in [3.63, 3.8) is 0 Å². The highest BCUT2D eigenvalue weighted by Gasteiger charge is 2.40. The molecule has 1 saturated heterocycles. The van der Waals surface area contributed by atoms with Gasteiger partial charge in [0.15, 0.2) is 5.69 Å². The number of carbonyl (C=O) groups excluding carboxylic acids is 2. The van der Waals surface area contributed by atoms with Crippen LogP contribution in [-0.4, -0.2) is 59.0 Å². The van der Waals surface area contributed by atoms with Gasteiger partial charge in [0.25, 0.3) is 4.80 Å². The fraction of sp³-hybridized carbons (Fsp3) is 0.524. The molecule has 0 N–H and O–H groups in total. The van der Waals surface area contributed by atoms with E-state index in [1.807, 2.05) is 4.90 Å². The first-order chi connectivity index (χ1) is 15.7. The molecule has 1 aliphatic heterocycles. The van der Waals surface area contributed by atoms with Crippen molar-refractivity contribution in [3.05, 3.63) is 40.1 Å². The number of hydrogen-bond acceptors (Lipinski definition) is 7. The van der Waals surface area contributed by atoms with Crippen LogP contribution in [0.15, 0.2) is 27.5 Å². The maximum Gasteiger partial charge on any atom is 0.437 e. The summed E-state index contributed by atoms with van der Waals surface area (Å²) >= 11 is 2.74. The van der Waals surface area contributed by atoms with E-state index in [0.29, 0.717) is 37.6 Å². The fourth-order valence-electron chi connectivity index (χ4n) is 3.99. The lowest BCUT2D eigenvalue weighted by molar-refractivity contribution is -0.141. The predicted molar refractivity (Wildman–Crippen MR) is 114 cm³/mol. The van der Waals surface area contributed by atoms with Crippen LogP contribution in [0, 0.1) is 0 Å². The number of Topliss-reactive ketones (excluding diaryl/α,β-unsaturated/α-hetero) is 1. The second-order valence-corrected chi connectivity index (χ2v) is 8.71. The van der Waals surface area contributed by atoms with Gasteiger partial charge in [0.1, 0.15) is 11.9 Å². The Balaban J connectivity index is 1.32. The maximum atomic E-state index is 13.1. The Morgan fingerprint density at radius 1 is 1.15 bits per heavy atom. The molecular weight excluding hydrogens is 509 g/mol. The Morgan fingerprint density at radius 2 is 1.85 bits per heavy atom. The number of amides is 1. The van der Waals surface area contributed by atoms with Crippen molar-refractivity contribution in [1.29, 1.82) is 0 Å². The highest BCUT2D eigenvalue weighted by molar-refractivity contribution is 9.10. The smallest absolute Gasteiger partial charge is 0.437 e. The Labute approximate surface area is 196 Å². The van der Waals surface area contributed by atoms with Crippen molar-refractivity contribution in [3.8, 4) is 0 Å². The van der Waals surface area contributed by atoms with Crippen molar-refractivity contribution in [2.75, 3.05) is 31.1 Å². The van der Waals surface area contributed by atoms with Gasteiger partial charge in [-0.2, -0.15) is 18.2 Å². The Morgan fingerprint density at radius 3 is 2.45 bits per heavy atom. The number of alkyl halides is 3. The first kappa shape index (κ1) is 23.5. The van der Waals surface area contributed by atoms with Crippen LogP contribution in [-0.2, 0) is 17.3 Å². The zero-order valence-electron chi connectivity index (χ0n) is 17.6. The fourth-order valence-corrected chi connectivity index (χ4v) is 4.33. The van der Waals surface area contributed by atoms with Gasteiger partial charge >= 0.3 is 12.3 Å². The van der Waals surface area contributed by atoms with Crippen molar-refractivity contribution < 1.29 is 31.9 Å². The molecule has 2 aliphatic rings. The Kier molecular flexibility index (Phi) is 6.91. The number of aromatic nitrogens is 2. The number of anilines is 1. The van der Waals surface area contributed by atoms with Crippen LogP contribution in [0.2, 0.25) is 0 Å². The van der Waals surface area contributed by atoms with E-state index in [9.17, 15) is 22.8 Å². The molecule has 12 heteroatoms. The quantitative estimate of drug-likeness (QED) is 0.526. The summed E-state index contributed by atoms with van der Waals surface area (Å²) < 4.78 is 49.5. The third-order valence-electron chi connectivity index (χ3n) is 5.73. The Hall–Kier alpha value is -2.63. The molecule has 0 spiro atoms. The summed E-state index contributed by atoms with van der Waals surface area (Å²) in [5.41, 5.74) is -0.906. The normalized spacial score (nSPS) is 17.5. The zero-order valence-corrected chi connectivity index (χ0v) is 19.2. The molecule has 1 aliphatic carbocycles. The minimum absolute atomic E-state index is 0.0257. The predicted octanol–water partition coefficient (Wildman–Crippen LogP) is 4.48. The van der Waals surface area contributed by atoms with Gasteiger partial charge in [0, 0.05) is 54.7 Å². The number of halogens is 4. The van der Waals surface area contributed by atoms with E-state index in [-0.39, 0.29) is 18.6 Å². The second kappa shape index (κ2) is 9.70. The third-order valence-corrected chi connectivity index (χ3v) is 6.07. The van der Waals surface area contributed by atoms with Crippen LogP contribution < -0.4 is 4.90 Å². The number of ether oxygens (including phenoxy) is 1. The largest absolute Gasteiger partial charge is 0.446 e. The summed E-state index contributed by atoms with van der Waals surface area (Å²) in [7, 11) is 0. The lowest BCUT2D eigenvalue weighted by atomic mass is 10.1. The van der Waals surface area contributed by atoms with Crippen LogP contribution in [0.3, 0.4) is 0 Å². The van der Waals surface area contributed by atoms with Gasteiger partial charge in [-0.25, -0.2) is 9.78 Å². The lowest BCUT2D eigenvalue weighted by Gasteiger charge is -2.35. The van der Waals surface area contributed by atoms with Gasteiger partial charge < -0.3 is 19.0 Å². The topological polar surface area (TPSA) is 88.8 Å². The zero-order chi connectivity index (χ0) is 23.6. The van der Waals surface area contributed by atoms with Gasteiger partial charge in [-0.05, 0) is 37.3 Å². The number of piperazine rings is 1. The molecule has 0 radical (unpaired) electrons. The maximum absolute atomic E-state index is 13.1. The van der Waals surface area contributed by atoms with Crippen molar-refractivity contribution in [2.24, 2.45) is 0 Å². The molecule has 33 heavy (non-hydrogen) atoms. The van der Waals surface area contributed by atoms with Crippen molar-refractivity contribution in [2.45, 2.75) is 44.4 Å². The molecule has 1 amide bonds. The van der Waals surface area contributed by atoms with Crippen LogP contribution in [0.5, 0.6) is 0 Å². The molecular formula is C21H22BrF3N4O4. The number of ketones is 1. The molecule has 0 aromatic carbocycles. The van der Waals surface area contributed by atoms with Gasteiger partial charge in [0.2, 0.25) is 11.5 Å². The molecule has 1 saturated carbocycles. The average Bonchev–Trinajstić information content (AvgIpc) is 3.44. The number of pyridine rings is 1. The third kappa shape index (κ3) is 5.66. The molecule has 2 aromatic heterocycles. The molecule has 4 rings (SSSR count). The molecule has 8 nitrogen and oxygen atoms in total. The summed E-state index contributed by atoms with van der Waals surface area (Å²) in [5, 5.41) is 0. The molecule has 3 heterocycles. The molecule has 2 fully saturated rings. The van der Waals surface area contributed by atoms with E-state index in [1.54, 1.807) is 17.0 Å². The highest BCUT2D eigenvalue weighted by atomic mass is 79.9. The average molecular weight is 531 g/mol. The standard InChI is InChI=1S/C21H22BrF3N4O4/c22-19-27-18(21(23,24)25)17(33-19)15(30)11-13-5-6-16(26-12-13)28-7-9-29(10-8-28)20(31)32-14-3-1-2-4-14/h5-6,12,14H,1-4,7-11H2. The molecule has 2 aromatic rings. The molecule has 0 unspecified atom stereocenters. The first-order valence-corrected chi connectivity index (χ1v) is 11.4. The van der Waals surface area contributed by atoms with Crippen molar-refractivity contribution >= 4 is 33.6 Å². The minimum Gasteiger partial charge on any atom is -0.446 e. The minimum atomic E-state index is -4.80. The monoisotopic (exact) mass is 530 g/mol. The van der Waals surface area contributed by atoms with E-state index in [1.165, 1.54) is 6.20 Å². The van der Waals surface area contributed by atoms with Gasteiger partial charge in [-0.1, -0.05) is 6.07 Å². The number of hydrogen-bond donors (Lipinski definition) is 0. The summed E-state index contributed by atoms with van der Waals surface area (Å²) in [6.07, 6.45) is 0.139. The van der Waals surface area contributed by atoms with Gasteiger partial charge in [0.05, 0.1) is 0 Å². The second-order valence-electron chi connectivity index (χ2n) is 8.03. The SMILES string of the molecule is O=C(Cc1ccc(N2CCN(C(=O)OC3CCCC3)CC2)nc1)c1oc(Br)nc1C(F)(F)F. The molecule has 0 bridgehead atoms. The van der Waals surface area contributed by atoms with Crippen LogP contribution in [0.25, 0.3) is 0 Å². The summed E-state index contributed by atoms with van der Waals surface area (Å²) in [5.74, 6) is -1.02. The number of oxazole rings is 1. The highest BCUT2D eigenvalue weighted by Crippen LogP contribution is 2.33. The first-order valence-electron chi connectivity index (χ1n) is 10.6. The van der Waals surface area contributed by atoms with E-state index in [0.717, 1.165) is 25.7 Å². The van der Waals surface area contributed by atoms with E-state index in [4.69, 9.17) is 9.15 Å². The Bertz CT molecular complexity index is 998. The summed E-state index contributed by atoms with van der Waals surface area (Å²) in [4.78, 5) is 35.5. The molecule has 178 valence electrons. The van der Waals surface area contributed by atoms with E-state index in [2.05, 4.69) is 25.9 Å². The van der Waals surface area contributed by atoms with E-state index >= 15 is 0 Å². The van der Waals surface area contributed by atoms with Crippen LogP contribution >= 0.6 is 15.9 Å². The van der Waals surface area contributed by atoms with Crippen LogP contribution in [0.4, 0.5) is 23.8 Å². The van der Waals surface area contributed by atoms with Crippen LogP contribution in [0.1, 0.15) is 47.5 Å². The number of nitrogens with zero attached hydrogens (tertiary/aromatic N) is 4. The number of rotatable bonds is 5. The van der Waals surface area contributed by atoms with Crippen molar-refractivity contribution in [1.82, 2.24) is 14.9 Å². The van der Waals surface area contributed by atoms with E-state index < -0.39 is 28.2 Å². The van der Waals surface area contributed by atoms with Gasteiger partial charge in [-0.15, -0.1) is 0 Å². The summed E-state index contributed by atoms with van der Waals surface area (Å²) in [6, 6.07) is 3.34. The number of carbonyl (C=O) groups is 2.